The SMILES string of the molecule is CC1=CC(N(c2ccc3c(c2)C(C)(C)c2ccccc2-3)c2c(F)c(F)c(C(F)(F)F)c(F)c2F)CC=C1c1ccc(N(c2ccc3c(c2)C(C)(C)c2ccccc2-3)c2c(F)c(F)c(C(F)(F)F)c(F)c2F)cc1C. The third-order valence-corrected chi connectivity index (χ3v) is 14.7. The number of hydrogen-bond donors (Lipinski definition) is 0. The van der Waals surface area contributed by atoms with Crippen LogP contribution in [0.5, 0.6) is 0 Å². The van der Waals surface area contributed by atoms with Gasteiger partial charge in [0.25, 0.3) is 0 Å². The van der Waals surface area contributed by atoms with Crippen LogP contribution >= 0.6 is 0 Å². The molecular weight excluding hydrogens is 991 g/mol. The summed E-state index contributed by atoms with van der Waals surface area (Å²) in [5.74, 6) is -19.8. The average molecular weight is 1030 g/mol. The molecule has 74 heavy (non-hydrogen) atoms. The van der Waals surface area contributed by atoms with E-state index in [1.165, 1.54) is 42.5 Å². The molecule has 7 aromatic rings. The molecule has 1 atom stereocenters. The number of rotatable bonds is 7. The summed E-state index contributed by atoms with van der Waals surface area (Å²) in [5, 5.41) is 0. The van der Waals surface area contributed by atoms with Crippen LogP contribution in [0.25, 0.3) is 27.8 Å². The Hall–Kier alpha value is -7.36. The Morgan fingerprint density at radius 1 is 0.446 bits per heavy atom. The third-order valence-electron chi connectivity index (χ3n) is 14.7. The van der Waals surface area contributed by atoms with Gasteiger partial charge in [-0.2, -0.15) is 26.3 Å². The van der Waals surface area contributed by atoms with Gasteiger partial charge in [-0.25, -0.2) is 35.1 Å². The van der Waals surface area contributed by atoms with Crippen molar-refractivity contribution in [3.05, 3.63) is 212 Å². The molecule has 0 N–H and O–H groups in total. The highest BCUT2D eigenvalue weighted by Crippen LogP contribution is 2.54. The molecule has 1 unspecified atom stereocenters. The summed E-state index contributed by atoms with van der Waals surface area (Å²) in [6.45, 7) is 10.7. The lowest BCUT2D eigenvalue weighted by atomic mass is 9.82. The minimum Gasteiger partial charge on any atom is -0.329 e. The van der Waals surface area contributed by atoms with Gasteiger partial charge in [0.05, 0.1) is 6.04 Å². The van der Waals surface area contributed by atoms with Gasteiger partial charge >= 0.3 is 12.4 Å². The predicted octanol–water partition coefficient (Wildman–Crippen LogP) is 18.2. The monoisotopic (exact) mass is 1030 g/mol. The standard InChI is InChI=1S/C58H40F14N2/c1-27-23-29(73(53-49(63)45(59)43(57(67,68)69)46(60)50(53)64)31-17-21-37-35-11-7-9-13-39(35)55(3,4)41(37)25-31)15-19-33(27)34-20-16-30(24-28(34)2)74(54-51(65)47(61)44(58(70,71)72)48(62)52(54)66)32-18-22-38-36-12-8-10-14-40(36)56(5,6)42(38)26-32/h7-15,17-26,30H,16H2,1-6H3. The molecule has 0 aromatic heterocycles. The van der Waals surface area contributed by atoms with Crippen molar-refractivity contribution in [2.24, 2.45) is 0 Å². The Morgan fingerprint density at radius 2 is 0.838 bits per heavy atom. The number of anilines is 5. The number of halogens is 14. The summed E-state index contributed by atoms with van der Waals surface area (Å²) in [6.07, 6.45) is -8.70. The van der Waals surface area contributed by atoms with E-state index >= 15 is 35.1 Å². The lowest BCUT2D eigenvalue weighted by Gasteiger charge is -2.36. The van der Waals surface area contributed by atoms with Gasteiger partial charge in [0.15, 0.2) is 46.5 Å². The van der Waals surface area contributed by atoms with Crippen LogP contribution in [-0.4, -0.2) is 6.04 Å². The summed E-state index contributed by atoms with van der Waals surface area (Å²) in [5.41, 5.74) is -2.14. The maximum Gasteiger partial charge on any atom is 0.422 e. The van der Waals surface area contributed by atoms with E-state index in [0.717, 1.165) is 43.2 Å². The van der Waals surface area contributed by atoms with Gasteiger partial charge < -0.3 is 9.80 Å². The van der Waals surface area contributed by atoms with Crippen LogP contribution in [0.2, 0.25) is 0 Å². The molecule has 0 fully saturated rings. The number of nitrogens with zero attached hydrogens (tertiary/aromatic N) is 2. The minimum absolute atomic E-state index is 0.0121. The van der Waals surface area contributed by atoms with E-state index < -0.39 is 98.3 Å². The zero-order chi connectivity index (χ0) is 53.5. The second-order valence-corrected chi connectivity index (χ2v) is 19.7. The Bertz CT molecular complexity index is 3540. The van der Waals surface area contributed by atoms with Crippen LogP contribution in [0, 0.1) is 53.5 Å². The first-order valence-corrected chi connectivity index (χ1v) is 23.1. The minimum atomic E-state index is -5.81. The molecule has 0 radical (unpaired) electrons. The van der Waals surface area contributed by atoms with Crippen molar-refractivity contribution in [1.29, 1.82) is 0 Å². The van der Waals surface area contributed by atoms with E-state index in [1.807, 2.05) is 76.2 Å². The second-order valence-electron chi connectivity index (χ2n) is 19.7. The maximum atomic E-state index is 16.2. The molecule has 16 heteroatoms. The van der Waals surface area contributed by atoms with Crippen molar-refractivity contribution in [1.82, 2.24) is 0 Å². The summed E-state index contributed by atoms with van der Waals surface area (Å²) in [6, 6.07) is 27.0. The van der Waals surface area contributed by atoms with Gasteiger partial charge in [0, 0.05) is 27.9 Å². The van der Waals surface area contributed by atoms with Gasteiger partial charge in [-0.3, -0.25) is 0 Å². The average Bonchev–Trinajstić information content (AvgIpc) is 3.71. The maximum absolute atomic E-state index is 16.2. The molecule has 10 rings (SSSR count). The van der Waals surface area contributed by atoms with E-state index in [2.05, 4.69) is 0 Å². The molecule has 0 bridgehead atoms. The fourth-order valence-electron chi connectivity index (χ4n) is 11.2. The van der Waals surface area contributed by atoms with Gasteiger partial charge in [-0.15, -0.1) is 0 Å². The van der Waals surface area contributed by atoms with E-state index in [0.29, 0.717) is 33.4 Å². The highest BCUT2D eigenvalue weighted by molar-refractivity contribution is 5.89. The zero-order valence-electron chi connectivity index (χ0n) is 39.9. The Morgan fingerprint density at radius 3 is 1.28 bits per heavy atom. The normalized spacial score (nSPS) is 16.3. The van der Waals surface area contributed by atoms with Crippen molar-refractivity contribution < 1.29 is 61.5 Å². The van der Waals surface area contributed by atoms with Crippen LogP contribution in [0.1, 0.15) is 85.5 Å². The fourth-order valence-corrected chi connectivity index (χ4v) is 11.2. The Labute approximate surface area is 415 Å². The molecule has 3 aliphatic rings. The third kappa shape index (κ3) is 7.52. The molecule has 0 heterocycles. The number of benzene rings is 7. The van der Waals surface area contributed by atoms with Crippen LogP contribution in [-0.2, 0) is 23.2 Å². The number of aryl methyl sites for hydroxylation is 1. The molecule has 0 saturated carbocycles. The molecular formula is C58H40F14N2. The van der Waals surface area contributed by atoms with Crippen molar-refractivity contribution >= 4 is 34.0 Å². The highest BCUT2D eigenvalue weighted by atomic mass is 19.4. The second kappa shape index (κ2) is 17.1. The van der Waals surface area contributed by atoms with Crippen LogP contribution in [0.3, 0.4) is 0 Å². The van der Waals surface area contributed by atoms with E-state index in [-0.39, 0.29) is 23.5 Å². The molecule has 7 aromatic carbocycles. The number of allylic oxidation sites excluding steroid dienone is 2. The summed E-state index contributed by atoms with van der Waals surface area (Å²) >= 11 is 0. The lowest BCUT2D eigenvalue weighted by Crippen LogP contribution is -2.34. The predicted molar refractivity (Wildman–Crippen MR) is 256 cm³/mol. The van der Waals surface area contributed by atoms with Crippen LogP contribution < -0.4 is 9.80 Å². The van der Waals surface area contributed by atoms with Crippen LogP contribution in [0.4, 0.5) is 89.9 Å². The fraction of sp³-hybridized carbons (Fsp3) is 0.207. The van der Waals surface area contributed by atoms with Gasteiger partial charge in [-0.05, 0) is 123 Å². The zero-order valence-corrected chi connectivity index (χ0v) is 39.9. The van der Waals surface area contributed by atoms with Crippen LogP contribution in [0.15, 0.2) is 121 Å². The Balaban J connectivity index is 1.08. The number of hydrogen-bond acceptors (Lipinski definition) is 2. The number of fused-ring (bicyclic) bond motifs is 6. The lowest BCUT2D eigenvalue weighted by molar-refractivity contribution is -0.144. The van der Waals surface area contributed by atoms with Crippen molar-refractivity contribution in [2.75, 3.05) is 9.80 Å². The molecule has 2 nitrogen and oxygen atoms in total. The Kier molecular flexibility index (Phi) is 11.6. The van der Waals surface area contributed by atoms with E-state index in [4.69, 9.17) is 0 Å². The molecule has 0 spiro atoms. The molecule has 380 valence electrons. The summed E-state index contributed by atoms with van der Waals surface area (Å²) < 4.78 is 210. The summed E-state index contributed by atoms with van der Waals surface area (Å²) in [4.78, 5) is 1.68. The van der Waals surface area contributed by atoms with Gasteiger partial charge in [-0.1, -0.05) is 107 Å². The molecule has 0 amide bonds. The highest BCUT2D eigenvalue weighted by Gasteiger charge is 2.46. The van der Waals surface area contributed by atoms with Crippen molar-refractivity contribution in [2.45, 2.75) is 77.2 Å². The first kappa shape index (κ1) is 50.2. The largest absolute Gasteiger partial charge is 0.422 e. The quantitative estimate of drug-likeness (QED) is 0.116. The van der Waals surface area contributed by atoms with E-state index in [1.54, 1.807) is 38.1 Å². The van der Waals surface area contributed by atoms with Gasteiger partial charge in [0.2, 0.25) is 0 Å². The molecule has 3 aliphatic carbocycles. The van der Waals surface area contributed by atoms with Crippen molar-refractivity contribution in [3.63, 3.8) is 0 Å². The first-order chi connectivity index (χ1) is 34.7. The molecule has 0 saturated heterocycles. The molecule has 0 aliphatic heterocycles. The summed E-state index contributed by atoms with van der Waals surface area (Å²) in [7, 11) is 0. The smallest absolute Gasteiger partial charge is 0.329 e. The van der Waals surface area contributed by atoms with E-state index in [9.17, 15) is 26.3 Å². The first-order valence-electron chi connectivity index (χ1n) is 23.1. The van der Waals surface area contributed by atoms with Crippen molar-refractivity contribution in [3.8, 4) is 22.3 Å². The van der Waals surface area contributed by atoms with Gasteiger partial charge in [0.1, 0.15) is 22.5 Å². The topological polar surface area (TPSA) is 6.48 Å². The number of alkyl halides is 6.